The van der Waals surface area contributed by atoms with Gasteiger partial charge in [0.25, 0.3) is 0 Å². The molecule has 1 aliphatic rings. The molecule has 2 rings (SSSR count). The number of rotatable bonds is 10. The fourth-order valence-corrected chi connectivity index (χ4v) is 3.37. The number of alkyl halides is 3. The zero-order valence-electron chi connectivity index (χ0n) is 16.9. The maximum atomic E-state index is 12.3. The van der Waals surface area contributed by atoms with E-state index < -0.39 is 18.7 Å². The fraction of sp³-hybridized carbons (Fsp3) is 0.619. The third kappa shape index (κ3) is 9.51. The normalized spacial score (nSPS) is 18.0. The molecule has 29 heavy (non-hydrogen) atoms. The van der Waals surface area contributed by atoms with Gasteiger partial charge in [-0.05, 0) is 57.5 Å². The van der Waals surface area contributed by atoms with Gasteiger partial charge in [0.15, 0.2) is 0 Å². The minimum Gasteiger partial charge on any atom is -0.490 e. The Kier molecular flexibility index (Phi) is 9.26. The highest BCUT2D eigenvalue weighted by Crippen LogP contribution is 2.23. The Morgan fingerprint density at radius 2 is 2.03 bits per heavy atom. The summed E-state index contributed by atoms with van der Waals surface area (Å²) < 4.78 is 42.6. The molecule has 1 aliphatic heterocycles. The number of hydrogen-bond donors (Lipinski definition) is 3. The number of aliphatic hydroxyl groups excluding tert-OH is 1. The van der Waals surface area contributed by atoms with Crippen LogP contribution in [0.15, 0.2) is 30.0 Å². The summed E-state index contributed by atoms with van der Waals surface area (Å²) in [5, 5.41) is 13.4. The molecule has 1 atom stereocenters. The zero-order valence-corrected chi connectivity index (χ0v) is 16.9. The SMILES string of the molecule is C/C(N)=C/c1ccccc1OC[C@@H](O)CNCC1CCN(CCC(F)(F)F)CC1. The largest absolute Gasteiger partial charge is 0.490 e. The molecule has 8 heteroatoms. The molecule has 1 aromatic carbocycles. The van der Waals surface area contributed by atoms with Crippen molar-refractivity contribution >= 4 is 6.08 Å². The van der Waals surface area contributed by atoms with Crippen LogP contribution in [0.1, 0.15) is 31.7 Å². The van der Waals surface area contributed by atoms with Crippen molar-refractivity contribution in [1.29, 1.82) is 0 Å². The number of halogens is 3. The molecule has 1 heterocycles. The number of nitrogens with two attached hydrogens (primary N) is 1. The molecular weight excluding hydrogens is 383 g/mol. The molecule has 0 amide bonds. The van der Waals surface area contributed by atoms with Crippen LogP contribution in [0.25, 0.3) is 6.08 Å². The predicted molar refractivity (Wildman–Crippen MR) is 108 cm³/mol. The highest BCUT2D eigenvalue weighted by atomic mass is 19.4. The van der Waals surface area contributed by atoms with Crippen LogP contribution in [0.2, 0.25) is 0 Å². The Bertz CT molecular complexity index is 640. The van der Waals surface area contributed by atoms with Gasteiger partial charge in [0.2, 0.25) is 0 Å². The number of para-hydroxylation sites is 1. The standard InChI is InChI=1S/C21H32F3N3O2/c1-16(25)12-18-4-2-3-5-20(18)29-15-19(28)14-26-13-17-6-9-27(10-7-17)11-8-21(22,23)24/h2-5,12,17,19,26,28H,6-11,13-15,25H2,1H3/b16-12-/t19-/m0/s1. The van der Waals surface area contributed by atoms with Gasteiger partial charge >= 0.3 is 6.18 Å². The zero-order chi connectivity index (χ0) is 21.3. The lowest BCUT2D eigenvalue weighted by Crippen LogP contribution is -2.40. The second-order valence-electron chi connectivity index (χ2n) is 7.70. The molecule has 0 unspecified atom stereocenters. The topological polar surface area (TPSA) is 70.8 Å². The minimum atomic E-state index is -4.09. The van der Waals surface area contributed by atoms with Crippen molar-refractivity contribution in [3.05, 3.63) is 35.5 Å². The minimum absolute atomic E-state index is 0.0834. The van der Waals surface area contributed by atoms with Crippen molar-refractivity contribution in [2.24, 2.45) is 11.7 Å². The van der Waals surface area contributed by atoms with Gasteiger partial charge in [0, 0.05) is 24.4 Å². The first kappa shape index (κ1) is 23.5. The van der Waals surface area contributed by atoms with Gasteiger partial charge in [0.05, 0.1) is 6.42 Å². The average Bonchev–Trinajstić information content (AvgIpc) is 2.65. The molecule has 0 bridgehead atoms. The van der Waals surface area contributed by atoms with E-state index in [0.29, 0.717) is 37.0 Å². The van der Waals surface area contributed by atoms with Crippen LogP contribution in [0, 0.1) is 5.92 Å². The Labute approximate surface area is 170 Å². The Morgan fingerprint density at radius 3 is 2.69 bits per heavy atom. The fourth-order valence-electron chi connectivity index (χ4n) is 3.37. The number of likely N-dealkylation sites (tertiary alicyclic amines) is 1. The van der Waals surface area contributed by atoms with Crippen molar-refractivity contribution in [3.63, 3.8) is 0 Å². The van der Waals surface area contributed by atoms with E-state index in [2.05, 4.69) is 5.32 Å². The van der Waals surface area contributed by atoms with E-state index in [1.165, 1.54) is 0 Å². The van der Waals surface area contributed by atoms with E-state index in [9.17, 15) is 18.3 Å². The van der Waals surface area contributed by atoms with Gasteiger partial charge in [-0.3, -0.25) is 0 Å². The van der Waals surface area contributed by atoms with Gasteiger partial charge in [-0.25, -0.2) is 0 Å². The number of nitrogens with one attached hydrogen (secondary N) is 1. The summed E-state index contributed by atoms with van der Waals surface area (Å²) in [6.07, 6.45) is -1.92. The van der Waals surface area contributed by atoms with E-state index in [4.69, 9.17) is 10.5 Å². The van der Waals surface area contributed by atoms with Crippen LogP contribution >= 0.6 is 0 Å². The predicted octanol–water partition coefficient (Wildman–Crippen LogP) is 3.00. The number of allylic oxidation sites excluding steroid dienone is 1. The Morgan fingerprint density at radius 1 is 1.34 bits per heavy atom. The van der Waals surface area contributed by atoms with Gasteiger partial charge in [-0.2, -0.15) is 13.2 Å². The Hall–Kier alpha value is -1.77. The molecule has 0 aromatic heterocycles. The van der Waals surface area contributed by atoms with Crippen molar-refractivity contribution in [2.75, 3.05) is 39.3 Å². The highest BCUT2D eigenvalue weighted by Gasteiger charge is 2.29. The second-order valence-corrected chi connectivity index (χ2v) is 7.70. The first-order chi connectivity index (χ1) is 13.7. The Balaban J connectivity index is 1.62. The van der Waals surface area contributed by atoms with E-state index >= 15 is 0 Å². The molecule has 0 saturated carbocycles. The molecule has 0 spiro atoms. The van der Waals surface area contributed by atoms with E-state index in [1.54, 1.807) is 6.92 Å². The molecule has 1 saturated heterocycles. The lowest BCUT2D eigenvalue weighted by Gasteiger charge is -2.32. The summed E-state index contributed by atoms with van der Waals surface area (Å²) in [6, 6.07) is 7.50. The number of hydrogen-bond acceptors (Lipinski definition) is 5. The molecule has 1 aromatic rings. The quantitative estimate of drug-likeness (QED) is 0.548. The maximum Gasteiger partial charge on any atom is 0.390 e. The van der Waals surface area contributed by atoms with Crippen molar-refractivity contribution in [3.8, 4) is 5.75 Å². The molecule has 4 N–H and O–H groups in total. The smallest absolute Gasteiger partial charge is 0.390 e. The molecule has 0 radical (unpaired) electrons. The van der Waals surface area contributed by atoms with Crippen LogP contribution < -0.4 is 15.8 Å². The first-order valence-corrected chi connectivity index (χ1v) is 10.1. The van der Waals surface area contributed by atoms with Crippen molar-refractivity contribution in [2.45, 2.75) is 38.5 Å². The summed E-state index contributed by atoms with van der Waals surface area (Å²) in [7, 11) is 0. The molecule has 5 nitrogen and oxygen atoms in total. The first-order valence-electron chi connectivity index (χ1n) is 10.1. The lowest BCUT2D eigenvalue weighted by molar-refractivity contribution is -0.138. The third-order valence-electron chi connectivity index (χ3n) is 4.97. The summed E-state index contributed by atoms with van der Waals surface area (Å²) in [6.45, 7) is 4.59. The van der Waals surface area contributed by atoms with Gasteiger partial charge in [-0.15, -0.1) is 0 Å². The summed E-state index contributed by atoms with van der Waals surface area (Å²) in [5.41, 5.74) is 7.26. The number of aliphatic hydroxyl groups is 1. The van der Waals surface area contributed by atoms with Gasteiger partial charge in [0.1, 0.15) is 18.5 Å². The van der Waals surface area contributed by atoms with E-state index in [-0.39, 0.29) is 13.2 Å². The molecule has 0 aliphatic carbocycles. The van der Waals surface area contributed by atoms with Gasteiger partial charge < -0.3 is 25.8 Å². The summed E-state index contributed by atoms with van der Waals surface area (Å²) in [5.74, 6) is 1.09. The monoisotopic (exact) mass is 415 g/mol. The average molecular weight is 416 g/mol. The van der Waals surface area contributed by atoms with Crippen molar-refractivity contribution in [1.82, 2.24) is 10.2 Å². The summed E-state index contributed by atoms with van der Waals surface area (Å²) >= 11 is 0. The van der Waals surface area contributed by atoms with E-state index in [0.717, 1.165) is 24.9 Å². The maximum absolute atomic E-state index is 12.3. The second kappa shape index (κ2) is 11.4. The van der Waals surface area contributed by atoms with Crippen LogP contribution in [0.5, 0.6) is 5.75 Å². The van der Waals surface area contributed by atoms with Crippen molar-refractivity contribution < 1.29 is 23.0 Å². The molecule has 1 fully saturated rings. The van der Waals surface area contributed by atoms with Crippen LogP contribution in [0.4, 0.5) is 13.2 Å². The highest BCUT2D eigenvalue weighted by molar-refractivity contribution is 5.58. The van der Waals surface area contributed by atoms with Crippen LogP contribution in [-0.4, -0.2) is 61.6 Å². The molecule has 164 valence electrons. The number of ether oxygens (including phenoxy) is 1. The lowest BCUT2D eigenvalue weighted by atomic mass is 9.96. The van der Waals surface area contributed by atoms with Crippen LogP contribution in [0.3, 0.4) is 0 Å². The summed E-state index contributed by atoms with van der Waals surface area (Å²) in [4.78, 5) is 1.88. The number of nitrogens with zero attached hydrogens (tertiary/aromatic N) is 1. The van der Waals surface area contributed by atoms with Gasteiger partial charge in [-0.1, -0.05) is 18.2 Å². The van der Waals surface area contributed by atoms with Crippen LogP contribution in [-0.2, 0) is 0 Å². The number of benzene rings is 1. The number of piperidine rings is 1. The van der Waals surface area contributed by atoms with E-state index in [1.807, 2.05) is 35.2 Å². The molecular formula is C21H32F3N3O2. The third-order valence-corrected chi connectivity index (χ3v) is 4.97.